The average Bonchev–Trinajstić information content (AvgIpc) is 2.67. The molecular formula is C21H30ClN3O2. The maximum atomic E-state index is 6.52. The van der Waals surface area contributed by atoms with Gasteiger partial charge in [0.15, 0.2) is 0 Å². The molecule has 0 aliphatic carbocycles. The summed E-state index contributed by atoms with van der Waals surface area (Å²) >= 11 is 6.52. The zero-order valence-electron chi connectivity index (χ0n) is 16.9. The quantitative estimate of drug-likeness (QED) is 0.557. The minimum atomic E-state index is 0.405. The fourth-order valence-electron chi connectivity index (χ4n) is 2.88. The number of nitrogens with zero attached hydrogens (tertiary/aromatic N) is 2. The maximum Gasteiger partial charge on any atom is 0.148 e. The Labute approximate surface area is 167 Å². The number of hydrogen-bond acceptors (Lipinski definition) is 5. The van der Waals surface area contributed by atoms with Gasteiger partial charge in [-0.15, -0.1) is 0 Å². The topological polar surface area (TPSA) is 56.3 Å². The number of ether oxygens (including phenoxy) is 2. The third-order valence-electron chi connectivity index (χ3n) is 4.56. The molecule has 0 amide bonds. The Bertz CT molecular complexity index is 748. The van der Waals surface area contributed by atoms with E-state index in [-0.39, 0.29) is 0 Å². The summed E-state index contributed by atoms with van der Waals surface area (Å²) in [6, 6.07) is 6.06. The molecule has 0 fully saturated rings. The molecule has 0 unspecified atom stereocenters. The first-order valence-corrected chi connectivity index (χ1v) is 9.97. The lowest BCUT2D eigenvalue weighted by Gasteiger charge is -2.19. The van der Waals surface area contributed by atoms with Crippen molar-refractivity contribution in [1.29, 1.82) is 0 Å². The van der Waals surface area contributed by atoms with Crippen LogP contribution < -0.4 is 10.1 Å². The molecule has 0 bridgehead atoms. The molecule has 27 heavy (non-hydrogen) atoms. The molecule has 2 rings (SSSR count). The fraction of sp³-hybridized carbons (Fsp3) is 0.524. The van der Waals surface area contributed by atoms with Crippen LogP contribution in [-0.2, 0) is 11.2 Å². The van der Waals surface area contributed by atoms with Crippen LogP contribution in [0.5, 0.6) is 5.75 Å². The Kier molecular flexibility index (Phi) is 8.32. The van der Waals surface area contributed by atoms with Gasteiger partial charge in [0, 0.05) is 18.7 Å². The lowest BCUT2D eigenvalue weighted by atomic mass is 10.1. The van der Waals surface area contributed by atoms with E-state index in [0.29, 0.717) is 30.0 Å². The van der Waals surface area contributed by atoms with Crippen molar-refractivity contribution in [3.8, 4) is 17.0 Å². The molecule has 5 nitrogen and oxygen atoms in total. The second kappa shape index (κ2) is 10.5. The summed E-state index contributed by atoms with van der Waals surface area (Å²) < 4.78 is 10.6. The smallest absolute Gasteiger partial charge is 0.148 e. The number of aryl methyl sites for hydroxylation is 2. The molecule has 1 N–H and O–H groups in total. The van der Waals surface area contributed by atoms with Crippen LogP contribution in [0.25, 0.3) is 11.3 Å². The van der Waals surface area contributed by atoms with Gasteiger partial charge in [-0.05, 0) is 44.4 Å². The van der Waals surface area contributed by atoms with Gasteiger partial charge < -0.3 is 14.8 Å². The Balaban J connectivity index is 2.32. The Morgan fingerprint density at radius 3 is 2.44 bits per heavy atom. The molecule has 0 spiro atoms. The van der Waals surface area contributed by atoms with E-state index in [0.717, 1.165) is 47.7 Å². The Morgan fingerprint density at radius 2 is 1.85 bits per heavy atom. The third kappa shape index (κ3) is 5.56. The zero-order valence-corrected chi connectivity index (χ0v) is 17.7. The molecule has 0 atom stereocenters. The van der Waals surface area contributed by atoms with Gasteiger partial charge in [-0.2, -0.15) is 0 Å². The Hall–Kier alpha value is -1.85. The van der Waals surface area contributed by atoms with Crippen LogP contribution in [-0.4, -0.2) is 36.3 Å². The zero-order chi connectivity index (χ0) is 19.8. The van der Waals surface area contributed by atoms with Gasteiger partial charge in [0.2, 0.25) is 0 Å². The lowest BCUT2D eigenvalue weighted by Crippen LogP contribution is -2.20. The molecule has 148 valence electrons. The van der Waals surface area contributed by atoms with E-state index in [1.807, 2.05) is 25.1 Å². The van der Waals surface area contributed by atoms with E-state index in [2.05, 4.69) is 26.1 Å². The number of halogens is 1. The fourth-order valence-corrected chi connectivity index (χ4v) is 3.14. The molecule has 0 saturated heterocycles. The van der Waals surface area contributed by atoms with Crippen LogP contribution in [0.4, 0.5) is 5.82 Å². The highest BCUT2D eigenvalue weighted by Crippen LogP contribution is 2.33. The predicted molar refractivity (Wildman–Crippen MR) is 112 cm³/mol. The molecule has 6 heteroatoms. The van der Waals surface area contributed by atoms with Crippen molar-refractivity contribution in [2.75, 3.05) is 25.6 Å². The molecule has 0 radical (unpaired) electrons. The summed E-state index contributed by atoms with van der Waals surface area (Å²) in [7, 11) is 1.65. The SMILES string of the molecule is CCc1nc(-c2ccc(OCCOC)cc2Cl)c(C)nc1NC(CC)CC. The monoisotopic (exact) mass is 391 g/mol. The van der Waals surface area contributed by atoms with E-state index >= 15 is 0 Å². The standard InChI is InChI=1S/C21H30ClN3O2/c1-6-15(7-2)24-21-19(8-3)25-20(14(4)23-21)17-10-9-16(13-18(17)22)27-12-11-26-5/h9-10,13,15H,6-8,11-12H2,1-5H3,(H,23,24). The molecule has 1 aromatic heterocycles. The van der Waals surface area contributed by atoms with Gasteiger partial charge in [-0.25, -0.2) is 9.97 Å². The van der Waals surface area contributed by atoms with Gasteiger partial charge in [-0.1, -0.05) is 32.4 Å². The first kappa shape index (κ1) is 21.5. The summed E-state index contributed by atoms with van der Waals surface area (Å²) in [5.41, 5.74) is 3.49. The molecule has 0 aliphatic heterocycles. The van der Waals surface area contributed by atoms with E-state index in [1.54, 1.807) is 7.11 Å². The van der Waals surface area contributed by atoms with Crippen LogP contribution in [0.15, 0.2) is 18.2 Å². The van der Waals surface area contributed by atoms with Crippen molar-refractivity contribution in [2.45, 2.75) is 53.0 Å². The van der Waals surface area contributed by atoms with Crippen molar-refractivity contribution in [3.05, 3.63) is 34.6 Å². The van der Waals surface area contributed by atoms with Crippen molar-refractivity contribution in [1.82, 2.24) is 9.97 Å². The number of aromatic nitrogens is 2. The average molecular weight is 392 g/mol. The molecule has 1 heterocycles. The summed E-state index contributed by atoms with van der Waals surface area (Å²) in [4.78, 5) is 9.68. The van der Waals surface area contributed by atoms with Gasteiger partial charge in [0.25, 0.3) is 0 Å². The van der Waals surface area contributed by atoms with E-state index in [1.165, 1.54) is 0 Å². The predicted octanol–water partition coefficient (Wildman–Crippen LogP) is 5.29. The van der Waals surface area contributed by atoms with Crippen LogP contribution in [0.2, 0.25) is 5.02 Å². The number of anilines is 1. The second-order valence-electron chi connectivity index (χ2n) is 6.45. The summed E-state index contributed by atoms with van der Waals surface area (Å²) in [6.07, 6.45) is 2.91. The highest BCUT2D eigenvalue weighted by atomic mass is 35.5. The van der Waals surface area contributed by atoms with Crippen molar-refractivity contribution < 1.29 is 9.47 Å². The number of benzene rings is 1. The number of nitrogens with one attached hydrogen (secondary N) is 1. The summed E-state index contributed by atoms with van der Waals surface area (Å²) in [5, 5.41) is 4.13. The van der Waals surface area contributed by atoms with Crippen molar-refractivity contribution in [3.63, 3.8) is 0 Å². The third-order valence-corrected chi connectivity index (χ3v) is 4.87. The first-order valence-electron chi connectivity index (χ1n) is 9.59. The van der Waals surface area contributed by atoms with Crippen LogP contribution in [0, 0.1) is 6.92 Å². The van der Waals surface area contributed by atoms with Gasteiger partial charge in [0.05, 0.1) is 28.7 Å². The normalized spacial score (nSPS) is 11.1. The lowest BCUT2D eigenvalue weighted by molar-refractivity contribution is 0.146. The molecule has 2 aromatic rings. The molecular weight excluding hydrogens is 362 g/mol. The van der Waals surface area contributed by atoms with Crippen LogP contribution in [0.1, 0.15) is 45.0 Å². The maximum absolute atomic E-state index is 6.52. The van der Waals surface area contributed by atoms with E-state index in [4.69, 9.17) is 31.0 Å². The van der Waals surface area contributed by atoms with Crippen molar-refractivity contribution in [2.24, 2.45) is 0 Å². The second-order valence-corrected chi connectivity index (χ2v) is 6.85. The summed E-state index contributed by atoms with van der Waals surface area (Å²) in [6.45, 7) is 9.44. The molecule has 0 saturated carbocycles. The highest BCUT2D eigenvalue weighted by molar-refractivity contribution is 6.33. The highest BCUT2D eigenvalue weighted by Gasteiger charge is 2.16. The molecule has 1 aromatic carbocycles. The minimum absolute atomic E-state index is 0.405. The van der Waals surface area contributed by atoms with E-state index < -0.39 is 0 Å². The number of rotatable bonds is 10. The number of hydrogen-bond donors (Lipinski definition) is 1. The van der Waals surface area contributed by atoms with Gasteiger partial charge >= 0.3 is 0 Å². The summed E-state index contributed by atoms with van der Waals surface area (Å²) in [5.74, 6) is 1.59. The number of methoxy groups -OCH3 is 1. The largest absolute Gasteiger partial charge is 0.491 e. The first-order chi connectivity index (χ1) is 13.0. The van der Waals surface area contributed by atoms with E-state index in [9.17, 15) is 0 Å². The van der Waals surface area contributed by atoms with Gasteiger partial charge in [-0.3, -0.25) is 0 Å². The van der Waals surface area contributed by atoms with Crippen LogP contribution in [0.3, 0.4) is 0 Å². The Morgan fingerprint density at radius 1 is 1.11 bits per heavy atom. The van der Waals surface area contributed by atoms with Gasteiger partial charge in [0.1, 0.15) is 18.2 Å². The van der Waals surface area contributed by atoms with Crippen molar-refractivity contribution >= 4 is 17.4 Å². The molecule has 0 aliphatic rings. The van der Waals surface area contributed by atoms with Crippen LogP contribution >= 0.6 is 11.6 Å². The minimum Gasteiger partial charge on any atom is -0.491 e.